The number of benzene rings is 1. The van der Waals surface area contributed by atoms with E-state index in [0.29, 0.717) is 13.2 Å². The van der Waals surface area contributed by atoms with Crippen LogP contribution in [0.1, 0.15) is 33.3 Å². The summed E-state index contributed by atoms with van der Waals surface area (Å²) >= 11 is 0. The molecule has 1 aromatic carbocycles. The topological polar surface area (TPSA) is 55.4 Å². The lowest BCUT2D eigenvalue weighted by atomic mass is 10.1. The fraction of sp³-hybridized carbons (Fsp3) is 0.684. The van der Waals surface area contributed by atoms with Crippen LogP contribution in [0.4, 0.5) is 0 Å². The van der Waals surface area contributed by atoms with Crippen LogP contribution in [0.3, 0.4) is 0 Å². The summed E-state index contributed by atoms with van der Waals surface area (Å²) in [5.41, 5.74) is 1.10. The van der Waals surface area contributed by atoms with Gasteiger partial charge in [0.15, 0.2) is 17.9 Å². The van der Waals surface area contributed by atoms with Crippen molar-refractivity contribution in [1.82, 2.24) is 0 Å². The van der Waals surface area contributed by atoms with Crippen molar-refractivity contribution in [1.29, 1.82) is 0 Å². The highest BCUT2D eigenvalue weighted by atomic mass is 16.8. The third kappa shape index (κ3) is 3.60. The van der Waals surface area contributed by atoms with Crippen molar-refractivity contribution in [3.8, 4) is 0 Å². The molecule has 1 aromatic rings. The average Bonchev–Trinajstić information content (AvgIpc) is 3.15. The zero-order valence-corrected chi connectivity index (χ0v) is 15.1. The van der Waals surface area contributed by atoms with Crippen LogP contribution >= 0.6 is 0 Å². The summed E-state index contributed by atoms with van der Waals surface area (Å²) < 4.78 is 36.0. The van der Waals surface area contributed by atoms with Gasteiger partial charge in [-0.2, -0.15) is 0 Å². The Morgan fingerprint density at radius 2 is 1.72 bits per heavy atom. The molecule has 25 heavy (non-hydrogen) atoms. The van der Waals surface area contributed by atoms with Crippen molar-refractivity contribution in [3.05, 3.63) is 35.9 Å². The highest BCUT2D eigenvalue weighted by Crippen LogP contribution is 2.42. The van der Waals surface area contributed by atoms with Gasteiger partial charge in [-0.3, -0.25) is 0 Å². The Morgan fingerprint density at radius 3 is 2.40 bits per heavy atom. The van der Waals surface area contributed by atoms with Gasteiger partial charge in [0.25, 0.3) is 0 Å². The molecule has 3 aliphatic heterocycles. The van der Waals surface area contributed by atoms with E-state index in [1.165, 1.54) is 0 Å². The molecule has 0 bridgehead atoms. The summed E-state index contributed by atoms with van der Waals surface area (Å²) in [6, 6.07) is 10.1. The van der Waals surface area contributed by atoms with Crippen molar-refractivity contribution in [2.45, 2.75) is 76.6 Å². The molecule has 3 heterocycles. The first-order valence-corrected chi connectivity index (χ1v) is 8.81. The molecule has 3 fully saturated rings. The lowest BCUT2D eigenvalue weighted by molar-refractivity contribution is -0.236. The Bertz CT molecular complexity index is 601. The number of hydrogen-bond acceptors (Lipinski definition) is 6. The van der Waals surface area contributed by atoms with Gasteiger partial charge in [0.2, 0.25) is 0 Å². The molecule has 1 unspecified atom stereocenters. The summed E-state index contributed by atoms with van der Waals surface area (Å²) in [5, 5.41) is 0. The number of fused-ring (bicyclic) bond motifs is 1. The molecular weight excluding hydrogens is 324 g/mol. The van der Waals surface area contributed by atoms with Gasteiger partial charge in [0, 0.05) is 0 Å². The Morgan fingerprint density at radius 1 is 0.960 bits per heavy atom. The minimum atomic E-state index is -0.680. The Kier molecular flexibility index (Phi) is 4.38. The van der Waals surface area contributed by atoms with E-state index in [9.17, 15) is 0 Å². The quantitative estimate of drug-likeness (QED) is 0.832. The van der Waals surface area contributed by atoms with E-state index in [1.807, 2.05) is 58.0 Å². The Hall–Kier alpha value is -1.02. The SMILES string of the molecule is CC1(C)OCC([C@H]2O[C@@H]3OC(C)(C)O[C@@H]3[C@@H]2OCc2ccccc2)O1. The molecule has 3 saturated heterocycles. The van der Waals surface area contributed by atoms with Gasteiger partial charge in [-0.05, 0) is 33.3 Å². The largest absolute Gasteiger partial charge is 0.368 e. The fourth-order valence-electron chi connectivity index (χ4n) is 3.64. The normalized spacial score (nSPS) is 38.8. The number of ether oxygens (including phenoxy) is 6. The lowest BCUT2D eigenvalue weighted by Crippen LogP contribution is -2.44. The standard InChI is InChI=1S/C19H26O6/c1-18(2)21-11-13(23-18)14-15(20-10-12-8-6-5-7-9-12)16-17(22-14)25-19(3,4)24-16/h5-9,13-17H,10-11H2,1-4H3/t13?,14-,15-,16-,17-/m1/s1. The first-order valence-electron chi connectivity index (χ1n) is 8.81. The second-order valence-corrected chi connectivity index (χ2v) is 7.70. The number of hydrogen-bond donors (Lipinski definition) is 0. The maximum absolute atomic E-state index is 6.22. The second kappa shape index (κ2) is 6.30. The summed E-state index contributed by atoms with van der Waals surface area (Å²) in [5.74, 6) is -1.29. The minimum absolute atomic E-state index is 0.211. The Balaban J connectivity index is 1.50. The molecule has 0 spiro atoms. The van der Waals surface area contributed by atoms with E-state index >= 15 is 0 Å². The molecule has 4 rings (SSSR count). The maximum atomic E-state index is 6.22. The molecule has 0 radical (unpaired) electrons. The van der Waals surface area contributed by atoms with Crippen molar-refractivity contribution in [2.24, 2.45) is 0 Å². The van der Waals surface area contributed by atoms with Crippen LogP contribution < -0.4 is 0 Å². The van der Waals surface area contributed by atoms with Gasteiger partial charge < -0.3 is 28.4 Å². The van der Waals surface area contributed by atoms with E-state index in [2.05, 4.69) is 0 Å². The van der Waals surface area contributed by atoms with Gasteiger partial charge in [-0.15, -0.1) is 0 Å². The maximum Gasteiger partial charge on any atom is 0.190 e. The van der Waals surface area contributed by atoms with Gasteiger partial charge in [0.05, 0.1) is 13.2 Å². The summed E-state index contributed by atoms with van der Waals surface area (Å²) in [7, 11) is 0. The lowest BCUT2D eigenvalue weighted by Gasteiger charge is -2.29. The van der Waals surface area contributed by atoms with E-state index < -0.39 is 17.9 Å². The smallest absolute Gasteiger partial charge is 0.190 e. The second-order valence-electron chi connectivity index (χ2n) is 7.70. The van der Waals surface area contributed by atoms with Gasteiger partial charge in [-0.25, -0.2) is 0 Å². The first-order chi connectivity index (χ1) is 11.8. The molecule has 6 heteroatoms. The molecule has 0 aliphatic carbocycles. The van der Waals surface area contributed by atoms with Crippen molar-refractivity contribution in [2.75, 3.05) is 6.61 Å². The van der Waals surface area contributed by atoms with Crippen molar-refractivity contribution < 1.29 is 28.4 Å². The summed E-state index contributed by atoms with van der Waals surface area (Å²) in [6.07, 6.45) is -1.52. The third-order valence-electron chi connectivity index (χ3n) is 4.71. The first kappa shape index (κ1) is 17.4. The molecule has 0 N–H and O–H groups in total. The zero-order chi connectivity index (χ0) is 17.7. The van der Waals surface area contributed by atoms with Crippen LogP contribution in [0.5, 0.6) is 0 Å². The van der Waals surface area contributed by atoms with Crippen molar-refractivity contribution in [3.63, 3.8) is 0 Å². The Labute approximate surface area is 148 Å². The minimum Gasteiger partial charge on any atom is -0.368 e. The molecule has 6 nitrogen and oxygen atoms in total. The van der Waals surface area contributed by atoms with Gasteiger partial charge in [-0.1, -0.05) is 30.3 Å². The van der Waals surface area contributed by atoms with Crippen LogP contribution in [0.15, 0.2) is 30.3 Å². The summed E-state index contributed by atoms with van der Waals surface area (Å²) in [4.78, 5) is 0. The van der Waals surface area contributed by atoms with Gasteiger partial charge in [0.1, 0.15) is 24.4 Å². The molecule has 138 valence electrons. The van der Waals surface area contributed by atoms with E-state index in [1.54, 1.807) is 0 Å². The van der Waals surface area contributed by atoms with E-state index in [0.717, 1.165) is 5.56 Å². The molecule has 0 saturated carbocycles. The molecule has 3 aliphatic rings. The van der Waals surface area contributed by atoms with Crippen LogP contribution in [-0.2, 0) is 35.0 Å². The van der Waals surface area contributed by atoms with Crippen LogP contribution in [-0.4, -0.2) is 48.9 Å². The van der Waals surface area contributed by atoms with E-state index in [4.69, 9.17) is 28.4 Å². The fourth-order valence-corrected chi connectivity index (χ4v) is 3.64. The van der Waals surface area contributed by atoms with Crippen LogP contribution in [0.2, 0.25) is 0 Å². The molecule has 0 aromatic heterocycles. The average molecular weight is 350 g/mol. The van der Waals surface area contributed by atoms with Crippen LogP contribution in [0.25, 0.3) is 0 Å². The molecule has 5 atom stereocenters. The number of rotatable bonds is 4. The van der Waals surface area contributed by atoms with E-state index in [-0.39, 0.29) is 24.4 Å². The summed E-state index contributed by atoms with van der Waals surface area (Å²) in [6.45, 7) is 8.52. The predicted molar refractivity (Wildman–Crippen MR) is 88.6 cm³/mol. The third-order valence-corrected chi connectivity index (χ3v) is 4.71. The predicted octanol–water partition coefficient (Wildman–Crippen LogP) is 2.60. The highest BCUT2D eigenvalue weighted by molar-refractivity contribution is 5.13. The molecular formula is C19H26O6. The zero-order valence-electron chi connectivity index (χ0n) is 15.1. The van der Waals surface area contributed by atoms with Crippen LogP contribution in [0, 0.1) is 0 Å². The highest BCUT2D eigenvalue weighted by Gasteiger charge is 2.58. The molecule has 0 amide bonds. The van der Waals surface area contributed by atoms with Crippen molar-refractivity contribution >= 4 is 0 Å². The monoisotopic (exact) mass is 350 g/mol. The van der Waals surface area contributed by atoms with Gasteiger partial charge >= 0.3 is 0 Å².